The van der Waals surface area contributed by atoms with E-state index in [4.69, 9.17) is 4.74 Å². The third kappa shape index (κ3) is 4.49. The largest absolute Gasteiger partial charge is 0.426 e. The molecule has 2 aromatic heterocycles. The summed E-state index contributed by atoms with van der Waals surface area (Å²) < 4.78 is 10.3. The van der Waals surface area contributed by atoms with Crippen LogP contribution in [-0.2, 0) is 4.79 Å². The molecule has 1 unspecified atom stereocenters. The number of esters is 1. The molecule has 0 fully saturated rings. The number of hydrogen-bond acceptors (Lipinski definition) is 2. The van der Waals surface area contributed by atoms with Gasteiger partial charge in [-0.05, 0) is 78.2 Å². The number of aromatic nitrogens is 2. The van der Waals surface area contributed by atoms with Crippen LogP contribution in [0.3, 0.4) is 0 Å². The molecule has 4 nitrogen and oxygen atoms in total. The number of ether oxygens (including phenoxy) is 1. The third-order valence-electron chi connectivity index (χ3n) is 9.04. The second kappa shape index (κ2) is 10.8. The molecule has 1 atom stereocenters. The van der Waals surface area contributed by atoms with Crippen LogP contribution >= 0.6 is 0 Å². The second-order valence-electron chi connectivity index (χ2n) is 11.7. The fourth-order valence-corrected chi connectivity index (χ4v) is 6.48. The van der Waals surface area contributed by atoms with Gasteiger partial charge in [0.2, 0.25) is 0 Å². The van der Waals surface area contributed by atoms with Gasteiger partial charge in [-0.1, -0.05) is 92.7 Å². The van der Waals surface area contributed by atoms with Crippen molar-refractivity contribution in [3.63, 3.8) is 0 Å². The number of carbonyl (C=O) groups excluding carboxylic acids is 1. The van der Waals surface area contributed by atoms with E-state index in [0.29, 0.717) is 5.75 Å². The molecule has 8 aromatic rings. The van der Waals surface area contributed by atoms with Crippen LogP contribution in [-0.4, -0.2) is 15.1 Å². The zero-order valence-corrected chi connectivity index (χ0v) is 25.3. The van der Waals surface area contributed by atoms with Crippen molar-refractivity contribution in [3.05, 3.63) is 140 Å². The molecule has 45 heavy (non-hydrogen) atoms. The first-order chi connectivity index (χ1) is 22.1. The molecule has 0 aliphatic carbocycles. The maximum atomic E-state index is 12.5. The Morgan fingerprint density at radius 1 is 0.556 bits per heavy atom. The Kier molecular flexibility index (Phi) is 6.49. The minimum atomic E-state index is -0.195. The minimum Gasteiger partial charge on any atom is -0.426 e. The van der Waals surface area contributed by atoms with Gasteiger partial charge in [-0.15, -0.1) is 0 Å². The minimum absolute atomic E-state index is 0.134. The highest BCUT2D eigenvalue weighted by Crippen LogP contribution is 2.36. The van der Waals surface area contributed by atoms with Gasteiger partial charge in [-0.2, -0.15) is 0 Å². The Bertz CT molecular complexity index is 2310. The Balaban J connectivity index is 1.14. The molecular formula is C41H32N2O2. The van der Waals surface area contributed by atoms with E-state index in [2.05, 4.69) is 137 Å². The standard InChI is InChI=1S/C41H32N2O2/c1-3-27(2)41(44)45-32-24-25-40-36(26-32)35-12-6-9-15-39(35)43(40)31-22-18-29(19-23-31)28-16-20-30(21-17-28)42-37-13-7-4-10-33(37)34-11-5-8-14-38(34)42/h4-27H,3H2,1-2H3. The Morgan fingerprint density at radius 2 is 0.978 bits per heavy atom. The number of rotatable bonds is 6. The lowest BCUT2D eigenvalue weighted by molar-refractivity contribution is -0.138. The number of hydrogen-bond donors (Lipinski definition) is 0. The van der Waals surface area contributed by atoms with Crippen molar-refractivity contribution in [3.8, 4) is 28.3 Å². The predicted octanol–water partition coefficient (Wildman–Crippen LogP) is 10.5. The summed E-state index contributed by atoms with van der Waals surface area (Å²) in [5, 5.41) is 4.71. The molecule has 0 aliphatic heterocycles. The van der Waals surface area contributed by atoms with Crippen molar-refractivity contribution in [2.75, 3.05) is 0 Å². The molecule has 0 amide bonds. The van der Waals surface area contributed by atoms with Crippen LogP contribution in [0.4, 0.5) is 0 Å². The van der Waals surface area contributed by atoms with Crippen molar-refractivity contribution in [1.29, 1.82) is 0 Å². The Hall–Kier alpha value is -5.61. The molecule has 0 aliphatic rings. The summed E-state index contributed by atoms with van der Waals surface area (Å²) in [4.78, 5) is 12.5. The molecule has 0 radical (unpaired) electrons. The lowest BCUT2D eigenvalue weighted by atomic mass is 10.0. The highest BCUT2D eigenvalue weighted by atomic mass is 16.5. The SMILES string of the molecule is CCC(C)C(=O)Oc1ccc2c(c1)c1ccccc1n2-c1ccc(-c2ccc(-n3c4ccccc4c4ccccc43)cc2)cc1. The molecule has 0 saturated carbocycles. The summed E-state index contributed by atoms with van der Waals surface area (Å²) in [6.07, 6.45) is 0.752. The molecule has 0 N–H and O–H groups in total. The lowest BCUT2D eigenvalue weighted by Crippen LogP contribution is -2.16. The van der Waals surface area contributed by atoms with Crippen LogP contribution in [0.5, 0.6) is 5.75 Å². The molecule has 218 valence electrons. The number of fused-ring (bicyclic) bond motifs is 6. The summed E-state index contributed by atoms with van der Waals surface area (Å²) in [6, 6.07) is 49.1. The van der Waals surface area contributed by atoms with E-state index >= 15 is 0 Å². The van der Waals surface area contributed by atoms with Crippen LogP contribution in [0, 0.1) is 5.92 Å². The fourth-order valence-electron chi connectivity index (χ4n) is 6.48. The molecule has 6 aromatic carbocycles. The van der Waals surface area contributed by atoms with Crippen molar-refractivity contribution in [2.24, 2.45) is 5.92 Å². The van der Waals surface area contributed by atoms with Gasteiger partial charge in [0.25, 0.3) is 0 Å². The average Bonchev–Trinajstić information content (AvgIpc) is 3.61. The highest BCUT2D eigenvalue weighted by molar-refractivity contribution is 6.10. The quantitative estimate of drug-likeness (QED) is 0.144. The smallest absolute Gasteiger partial charge is 0.314 e. The van der Waals surface area contributed by atoms with Crippen LogP contribution in [0.25, 0.3) is 66.1 Å². The number of carbonyl (C=O) groups is 1. The van der Waals surface area contributed by atoms with Gasteiger partial charge >= 0.3 is 5.97 Å². The monoisotopic (exact) mass is 584 g/mol. The first-order valence-electron chi connectivity index (χ1n) is 15.5. The van der Waals surface area contributed by atoms with E-state index < -0.39 is 0 Å². The van der Waals surface area contributed by atoms with Gasteiger partial charge in [0.15, 0.2) is 0 Å². The Morgan fingerprint density at radius 3 is 1.44 bits per heavy atom. The number of benzene rings is 6. The molecule has 0 bridgehead atoms. The molecular weight excluding hydrogens is 552 g/mol. The van der Waals surface area contributed by atoms with Crippen molar-refractivity contribution >= 4 is 49.6 Å². The van der Waals surface area contributed by atoms with E-state index in [-0.39, 0.29) is 11.9 Å². The zero-order chi connectivity index (χ0) is 30.5. The van der Waals surface area contributed by atoms with E-state index in [0.717, 1.165) is 45.2 Å². The van der Waals surface area contributed by atoms with Gasteiger partial charge in [-0.3, -0.25) is 4.79 Å². The number of para-hydroxylation sites is 3. The van der Waals surface area contributed by atoms with Crippen LogP contribution in [0.15, 0.2) is 140 Å². The van der Waals surface area contributed by atoms with Crippen molar-refractivity contribution in [2.45, 2.75) is 20.3 Å². The topological polar surface area (TPSA) is 36.2 Å². The van der Waals surface area contributed by atoms with Crippen LogP contribution in [0.1, 0.15) is 20.3 Å². The highest BCUT2D eigenvalue weighted by Gasteiger charge is 2.17. The maximum Gasteiger partial charge on any atom is 0.314 e. The van der Waals surface area contributed by atoms with Gasteiger partial charge in [0.1, 0.15) is 5.75 Å². The summed E-state index contributed by atoms with van der Waals surface area (Å²) in [6.45, 7) is 3.90. The molecule has 8 rings (SSSR count). The number of nitrogens with zero attached hydrogens (tertiary/aromatic N) is 2. The van der Waals surface area contributed by atoms with Gasteiger partial charge in [0.05, 0.1) is 28.0 Å². The van der Waals surface area contributed by atoms with Crippen molar-refractivity contribution in [1.82, 2.24) is 9.13 Å². The van der Waals surface area contributed by atoms with E-state index in [1.165, 1.54) is 27.4 Å². The molecule has 0 saturated heterocycles. The predicted molar refractivity (Wildman–Crippen MR) is 186 cm³/mol. The molecule has 0 spiro atoms. The second-order valence-corrected chi connectivity index (χ2v) is 11.7. The van der Waals surface area contributed by atoms with Gasteiger partial charge < -0.3 is 13.9 Å². The average molecular weight is 585 g/mol. The maximum absolute atomic E-state index is 12.5. The van der Waals surface area contributed by atoms with Crippen molar-refractivity contribution < 1.29 is 9.53 Å². The Labute approximate surface area is 261 Å². The normalized spacial score (nSPS) is 12.3. The van der Waals surface area contributed by atoms with Crippen LogP contribution in [0.2, 0.25) is 0 Å². The summed E-state index contributed by atoms with van der Waals surface area (Å²) in [5.41, 5.74) is 9.16. The summed E-state index contributed by atoms with van der Waals surface area (Å²) >= 11 is 0. The van der Waals surface area contributed by atoms with E-state index in [1.807, 2.05) is 26.0 Å². The van der Waals surface area contributed by atoms with E-state index in [1.54, 1.807) is 0 Å². The third-order valence-corrected chi connectivity index (χ3v) is 9.04. The fraction of sp³-hybridized carbons (Fsp3) is 0.0976. The molecule has 4 heteroatoms. The summed E-state index contributed by atoms with van der Waals surface area (Å²) in [5.74, 6) is 0.250. The van der Waals surface area contributed by atoms with Gasteiger partial charge in [-0.25, -0.2) is 0 Å². The van der Waals surface area contributed by atoms with E-state index in [9.17, 15) is 4.79 Å². The lowest BCUT2D eigenvalue weighted by Gasteiger charge is -2.11. The van der Waals surface area contributed by atoms with Gasteiger partial charge in [0, 0.05) is 32.9 Å². The van der Waals surface area contributed by atoms with Crippen LogP contribution < -0.4 is 4.74 Å². The summed E-state index contributed by atoms with van der Waals surface area (Å²) in [7, 11) is 0. The zero-order valence-electron chi connectivity index (χ0n) is 25.3. The molecule has 2 heterocycles. The first-order valence-corrected chi connectivity index (χ1v) is 15.5. The first kappa shape index (κ1) is 27.0.